The van der Waals surface area contributed by atoms with E-state index in [-0.39, 0.29) is 12.5 Å². The molecule has 0 heterocycles. The molecule has 1 amide bonds. The minimum atomic E-state index is -0.153. The van der Waals surface area contributed by atoms with Crippen molar-refractivity contribution in [2.24, 2.45) is 0 Å². The third-order valence-corrected chi connectivity index (χ3v) is 3.78. The molecule has 0 N–H and O–H groups in total. The van der Waals surface area contributed by atoms with Gasteiger partial charge in [0.15, 0.2) is 6.61 Å². The molecule has 0 unspecified atom stereocenters. The molecule has 0 bridgehead atoms. The van der Waals surface area contributed by atoms with Gasteiger partial charge >= 0.3 is 0 Å². The number of ether oxygens (including phenoxy) is 1. The maximum absolute atomic E-state index is 12.3. The Morgan fingerprint density at radius 1 is 1.22 bits per heavy atom. The summed E-state index contributed by atoms with van der Waals surface area (Å²) in [4.78, 5) is 14.0. The molecule has 23 heavy (non-hydrogen) atoms. The molecular formula is C18H17ClN2O2. The molecule has 0 radical (unpaired) electrons. The number of nitrogens with zero attached hydrogens (tertiary/aromatic N) is 2. The quantitative estimate of drug-likeness (QED) is 0.813. The van der Waals surface area contributed by atoms with Crippen molar-refractivity contribution in [2.45, 2.75) is 13.5 Å². The molecule has 0 atom stereocenters. The normalized spacial score (nSPS) is 9.96. The first-order valence-corrected chi connectivity index (χ1v) is 7.66. The van der Waals surface area contributed by atoms with Crippen molar-refractivity contribution >= 4 is 17.5 Å². The molecule has 2 aromatic rings. The Bertz CT molecular complexity index is 725. The predicted molar refractivity (Wildman–Crippen MR) is 89.2 cm³/mol. The first kappa shape index (κ1) is 16.9. The zero-order valence-corrected chi connectivity index (χ0v) is 13.6. The summed E-state index contributed by atoms with van der Waals surface area (Å²) < 4.78 is 5.49. The molecule has 2 rings (SSSR count). The third kappa shape index (κ3) is 4.48. The highest BCUT2D eigenvalue weighted by atomic mass is 35.5. The number of halogens is 1. The number of amides is 1. The molecule has 0 aliphatic heterocycles. The van der Waals surface area contributed by atoms with Gasteiger partial charge in [0, 0.05) is 18.1 Å². The lowest BCUT2D eigenvalue weighted by Gasteiger charge is -2.21. The largest absolute Gasteiger partial charge is 0.482 e. The van der Waals surface area contributed by atoms with Crippen LogP contribution in [0, 0.1) is 11.3 Å². The standard InChI is InChI=1S/C18H17ClN2O2/c1-2-21(12-15-8-3-5-9-16(15)19)18(22)13-23-17-10-6-4-7-14(17)11-20/h3-10H,2,12-13H2,1H3. The molecule has 0 aromatic heterocycles. The van der Waals surface area contributed by atoms with E-state index in [9.17, 15) is 4.79 Å². The summed E-state index contributed by atoms with van der Waals surface area (Å²) in [6.45, 7) is 2.76. The van der Waals surface area contributed by atoms with E-state index in [1.165, 1.54) is 0 Å². The number of hydrogen-bond acceptors (Lipinski definition) is 3. The van der Waals surface area contributed by atoms with Gasteiger partial charge in [-0.2, -0.15) is 5.26 Å². The van der Waals surface area contributed by atoms with Crippen LogP contribution in [0.5, 0.6) is 5.75 Å². The van der Waals surface area contributed by atoms with Gasteiger partial charge < -0.3 is 9.64 Å². The summed E-state index contributed by atoms with van der Waals surface area (Å²) in [5.74, 6) is 0.261. The number of rotatable bonds is 6. The van der Waals surface area contributed by atoms with Crippen molar-refractivity contribution in [1.29, 1.82) is 5.26 Å². The Kier molecular flexibility index (Phi) is 6.02. The maximum atomic E-state index is 12.3. The Balaban J connectivity index is 2.01. The summed E-state index contributed by atoms with van der Waals surface area (Å²) in [5, 5.41) is 9.66. The monoisotopic (exact) mass is 328 g/mol. The lowest BCUT2D eigenvalue weighted by atomic mass is 10.2. The molecular weight excluding hydrogens is 312 g/mol. The Hall–Kier alpha value is -2.51. The SMILES string of the molecule is CCN(Cc1ccccc1Cl)C(=O)COc1ccccc1C#N. The molecule has 118 valence electrons. The summed E-state index contributed by atoms with van der Waals surface area (Å²) in [6, 6.07) is 16.3. The zero-order chi connectivity index (χ0) is 16.7. The van der Waals surface area contributed by atoms with Gasteiger partial charge in [0.25, 0.3) is 5.91 Å². The molecule has 5 heteroatoms. The first-order valence-electron chi connectivity index (χ1n) is 7.28. The van der Waals surface area contributed by atoms with Gasteiger partial charge in [0.2, 0.25) is 0 Å². The van der Waals surface area contributed by atoms with E-state index >= 15 is 0 Å². The summed E-state index contributed by atoms with van der Waals surface area (Å²) >= 11 is 6.14. The van der Waals surface area contributed by atoms with Gasteiger partial charge in [0.05, 0.1) is 5.56 Å². The lowest BCUT2D eigenvalue weighted by Crippen LogP contribution is -2.34. The van der Waals surface area contributed by atoms with Crippen LogP contribution in [-0.4, -0.2) is 24.0 Å². The molecule has 4 nitrogen and oxygen atoms in total. The number of nitriles is 1. The van der Waals surface area contributed by atoms with Crippen molar-refractivity contribution in [3.63, 3.8) is 0 Å². The molecule has 0 aliphatic carbocycles. The number of hydrogen-bond donors (Lipinski definition) is 0. The van der Waals surface area contributed by atoms with Crippen LogP contribution < -0.4 is 4.74 Å². The average Bonchev–Trinajstić information content (AvgIpc) is 2.59. The fourth-order valence-corrected chi connectivity index (χ4v) is 2.32. The minimum absolute atomic E-state index is 0.114. The van der Waals surface area contributed by atoms with E-state index in [1.807, 2.05) is 31.2 Å². The summed E-state index contributed by atoms with van der Waals surface area (Å²) in [6.07, 6.45) is 0. The molecule has 0 saturated heterocycles. The van der Waals surface area contributed by atoms with Crippen LogP contribution in [0.2, 0.25) is 5.02 Å². The summed E-state index contributed by atoms with van der Waals surface area (Å²) in [5.41, 5.74) is 1.30. The number of carbonyl (C=O) groups is 1. The van der Waals surface area contributed by atoms with Crippen LogP contribution >= 0.6 is 11.6 Å². The molecule has 0 aliphatic rings. The third-order valence-electron chi connectivity index (χ3n) is 3.41. The van der Waals surface area contributed by atoms with Crippen molar-refractivity contribution in [2.75, 3.05) is 13.2 Å². The number of benzene rings is 2. The molecule has 0 spiro atoms. The van der Waals surface area contributed by atoms with Crippen LogP contribution in [0.15, 0.2) is 48.5 Å². The second-order valence-corrected chi connectivity index (χ2v) is 5.30. The highest BCUT2D eigenvalue weighted by molar-refractivity contribution is 6.31. The predicted octanol–water partition coefficient (Wildman–Crippen LogP) is 3.64. The van der Waals surface area contributed by atoms with Crippen molar-refractivity contribution in [1.82, 2.24) is 4.90 Å². The molecule has 0 saturated carbocycles. The van der Waals surface area contributed by atoms with Crippen LogP contribution in [0.4, 0.5) is 0 Å². The van der Waals surface area contributed by atoms with Gasteiger partial charge in [0.1, 0.15) is 11.8 Å². The van der Waals surface area contributed by atoms with Crippen molar-refractivity contribution in [3.8, 4) is 11.8 Å². The second-order valence-electron chi connectivity index (χ2n) is 4.90. The van der Waals surface area contributed by atoms with Gasteiger partial charge in [-0.25, -0.2) is 0 Å². The fraction of sp³-hybridized carbons (Fsp3) is 0.222. The lowest BCUT2D eigenvalue weighted by molar-refractivity contribution is -0.133. The van der Waals surface area contributed by atoms with Crippen molar-refractivity contribution in [3.05, 3.63) is 64.7 Å². The van der Waals surface area contributed by atoms with E-state index in [1.54, 1.807) is 35.2 Å². The number of para-hydroxylation sites is 1. The zero-order valence-electron chi connectivity index (χ0n) is 12.8. The van der Waals surface area contributed by atoms with E-state index in [4.69, 9.17) is 21.6 Å². The van der Waals surface area contributed by atoms with E-state index in [2.05, 4.69) is 0 Å². The highest BCUT2D eigenvalue weighted by Crippen LogP contribution is 2.18. The van der Waals surface area contributed by atoms with Gasteiger partial charge in [-0.05, 0) is 30.7 Å². The van der Waals surface area contributed by atoms with Crippen LogP contribution in [0.25, 0.3) is 0 Å². The van der Waals surface area contributed by atoms with Crippen LogP contribution in [0.1, 0.15) is 18.1 Å². The smallest absolute Gasteiger partial charge is 0.260 e. The van der Waals surface area contributed by atoms with Crippen LogP contribution in [0.3, 0.4) is 0 Å². The van der Waals surface area contributed by atoms with Gasteiger partial charge in [-0.3, -0.25) is 4.79 Å². The van der Waals surface area contributed by atoms with E-state index in [0.29, 0.717) is 29.4 Å². The summed E-state index contributed by atoms with van der Waals surface area (Å²) in [7, 11) is 0. The van der Waals surface area contributed by atoms with Crippen molar-refractivity contribution < 1.29 is 9.53 Å². The average molecular weight is 329 g/mol. The van der Waals surface area contributed by atoms with Crippen LogP contribution in [-0.2, 0) is 11.3 Å². The highest BCUT2D eigenvalue weighted by Gasteiger charge is 2.15. The van der Waals surface area contributed by atoms with E-state index in [0.717, 1.165) is 5.56 Å². The second kappa shape index (κ2) is 8.21. The minimum Gasteiger partial charge on any atom is -0.482 e. The topological polar surface area (TPSA) is 53.3 Å². The molecule has 0 fully saturated rings. The number of likely N-dealkylation sites (N-methyl/N-ethyl adjacent to an activating group) is 1. The Labute approximate surface area is 140 Å². The Morgan fingerprint density at radius 3 is 2.61 bits per heavy atom. The van der Waals surface area contributed by atoms with Gasteiger partial charge in [-0.15, -0.1) is 0 Å². The maximum Gasteiger partial charge on any atom is 0.260 e. The first-order chi connectivity index (χ1) is 11.2. The number of carbonyl (C=O) groups excluding carboxylic acids is 1. The molecule has 2 aromatic carbocycles. The Morgan fingerprint density at radius 2 is 1.91 bits per heavy atom. The fourth-order valence-electron chi connectivity index (χ4n) is 2.12. The van der Waals surface area contributed by atoms with Gasteiger partial charge in [-0.1, -0.05) is 41.9 Å². The van der Waals surface area contributed by atoms with E-state index < -0.39 is 0 Å².